The predicted molar refractivity (Wildman–Crippen MR) is 40.7 cm³/mol. The molecule has 0 aromatic heterocycles. The summed E-state index contributed by atoms with van der Waals surface area (Å²) in [5, 5.41) is 2.06. The number of nitrogens with one attached hydrogen (secondary N) is 2. The fraction of sp³-hybridized carbons (Fsp3) is 0.667. The van der Waals surface area contributed by atoms with E-state index in [9.17, 15) is 9.59 Å². The molecule has 1 fully saturated rings. The number of hydrogen-bond donors (Lipinski definition) is 1. The molecular formula is C6H11N3O2Y-2. The zero-order valence-electron chi connectivity index (χ0n) is 6.96. The molecule has 1 rings (SSSR count). The number of likely N-dealkylation sites (tertiary alicyclic amines) is 1. The molecule has 1 aliphatic rings. The normalized spacial score (nSPS) is 12.6. The van der Waals surface area contributed by atoms with Gasteiger partial charge in [0.05, 0.1) is 0 Å². The van der Waals surface area contributed by atoms with Gasteiger partial charge in [0.25, 0.3) is 0 Å². The Labute approximate surface area is 96.9 Å². The number of carbonyl (C=O) groups is 1. The van der Waals surface area contributed by atoms with Crippen molar-refractivity contribution in [3.05, 3.63) is 5.73 Å². The average molecular weight is 246 g/mol. The number of amides is 3. The van der Waals surface area contributed by atoms with E-state index in [1.54, 1.807) is 11.3 Å². The Morgan fingerprint density at radius 1 is 1.58 bits per heavy atom. The molecular weight excluding hydrogens is 235 g/mol. The molecule has 0 unspecified atom stereocenters. The maximum atomic E-state index is 9.59. The van der Waals surface area contributed by atoms with Gasteiger partial charge in [-0.25, -0.2) is 0 Å². The maximum absolute atomic E-state index is 9.59. The minimum absolute atomic E-state index is 0. The topological polar surface area (TPSA) is 73.2 Å². The van der Waals surface area contributed by atoms with E-state index in [0.29, 0.717) is 0 Å². The van der Waals surface area contributed by atoms with Crippen LogP contribution >= 0.6 is 0 Å². The zero-order chi connectivity index (χ0) is 8.69. The predicted octanol–water partition coefficient (Wildman–Crippen LogP) is 0.135. The quantitative estimate of drug-likeness (QED) is 0.668. The summed E-state index contributed by atoms with van der Waals surface area (Å²) in [5.74, 6) is 0. The number of hydrogen-bond acceptors (Lipinski definition) is 2. The summed E-state index contributed by atoms with van der Waals surface area (Å²) in [6.07, 6.45) is 2.95. The Kier molecular flexibility index (Phi) is 10.7. The molecule has 1 radical (unpaired) electrons. The van der Waals surface area contributed by atoms with Crippen LogP contribution in [-0.2, 0) is 37.5 Å². The van der Waals surface area contributed by atoms with Crippen molar-refractivity contribution in [3.63, 3.8) is 0 Å². The largest absolute Gasteiger partial charge is 0.520 e. The molecule has 6 heteroatoms. The van der Waals surface area contributed by atoms with E-state index in [0.717, 1.165) is 19.5 Å². The Morgan fingerprint density at radius 2 is 2.00 bits per heavy atom. The number of nitrogens with zero attached hydrogens (tertiary/aromatic N) is 1. The van der Waals surface area contributed by atoms with Crippen LogP contribution < -0.4 is 5.32 Å². The Bertz CT molecular complexity index is 139. The van der Waals surface area contributed by atoms with Crippen molar-refractivity contribution in [3.8, 4) is 0 Å². The maximum Gasteiger partial charge on any atom is 0.149 e. The molecule has 1 aliphatic heterocycles. The summed E-state index contributed by atoms with van der Waals surface area (Å²) in [6, 6.07) is -0.745. The van der Waals surface area contributed by atoms with Crippen LogP contribution in [0.4, 0.5) is 4.79 Å². The molecule has 5 nitrogen and oxygen atoms in total. The molecule has 0 bridgehead atoms. The first-order chi connectivity index (χ1) is 5.20. The smallest absolute Gasteiger partial charge is 0.149 e. The van der Waals surface area contributed by atoms with Crippen LogP contribution in [0.5, 0.6) is 0 Å². The summed E-state index contributed by atoms with van der Waals surface area (Å²) in [7, 11) is 1.41. The molecule has 0 saturated carbocycles. The first-order valence-electron chi connectivity index (χ1n) is 3.26. The number of urea groups is 1. The zero-order valence-corrected chi connectivity index (χ0v) is 9.80. The van der Waals surface area contributed by atoms with E-state index >= 15 is 0 Å². The van der Waals surface area contributed by atoms with Crippen molar-refractivity contribution < 1.29 is 42.3 Å². The molecule has 0 aromatic rings. The number of carbonyl (C=O) groups excluding carboxylic acids is 2. The van der Waals surface area contributed by atoms with Gasteiger partial charge in [-0.2, -0.15) is 6.41 Å². The monoisotopic (exact) mass is 246 g/mol. The van der Waals surface area contributed by atoms with Crippen LogP contribution in [0, 0.1) is 0 Å². The summed E-state index contributed by atoms with van der Waals surface area (Å²) in [4.78, 5) is 20.6. The van der Waals surface area contributed by atoms with Crippen LogP contribution in [0.15, 0.2) is 0 Å². The molecule has 12 heavy (non-hydrogen) atoms. The van der Waals surface area contributed by atoms with Crippen molar-refractivity contribution in [1.29, 1.82) is 0 Å². The van der Waals surface area contributed by atoms with Gasteiger partial charge in [-0.3, -0.25) is 4.79 Å². The molecule has 1 saturated heterocycles. The fourth-order valence-electron chi connectivity index (χ4n) is 0.408. The van der Waals surface area contributed by atoms with Gasteiger partial charge in [0.1, 0.15) is 6.03 Å². The molecule has 0 spiro atoms. The van der Waals surface area contributed by atoms with Gasteiger partial charge in [-0.1, -0.05) is 7.05 Å². The Balaban J connectivity index is 0. The average Bonchev–Trinajstić information content (AvgIpc) is 1.87. The molecule has 67 valence electrons. The molecule has 1 heterocycles. The van der Waals surface area contributed by atoms with Crippen molar-refractivity contribution in [1.82, 2.24) is 10.2 Å². The first kappa shape index (κ1) is 14.4. The summed E-state index contributed by atoms with van der Waals surface area (Å²) >= 11 is 0. The van der Waals surface area contributed by atoms with E-state index in [1.165, 1.54) is 7.05 Å². The Morgan fingerprint density at radius 3 is 2.00 bits per heavy atom. The second-order valence-electron chi connectivity index (χ2n) is 2.01. The Hall–Kier alpha value is -0.156. The van der Waals surface area contributed by atoms with Gasteiger partial charge in [-0.15, -0.1) is 0 Å². The fourth-order valence-corrected chi connectivity index (χ4v) is 0.408. The standard InChI is InChI=1S/C4H6NO.C2H6N2O.Y/c6-4-5-2-1-3-5;1-4-2(3)5;/h1-3H2;1H3,(H3,3,4,5);/q-1;;/p-1. The third-order valence-corrected chi connectivity index (χ3v) is 1.21. The van der Waals surface area contributed by atoms with Crippen molar-refractivity contribution in [2.45, 2.75) is 6.42 Å². The van der Waals surface area contributed by atoms with E-state index in [1.807, 2.05) is 0 Å². The summed E-state index contributed by atoms with van der Waals surface area (Å²) in [5.41, 5.74) is 6.08. The second-order valence-corrected chi connectivity index (χ2v) is 2.01. The van der Waals surface area contributed by atoms with Gasteiger partial charge in [0.2, 0.25) is 0 Å². The first-order valence-corrected chi connectivity index (χ1v) is 3.26. The van der Waals surface area contributed by atoms with Gasteiger partial charge in [0, 0.05) is 32.7 Å². The second kappa shape index (κ2) is 8.94. The van der Waals surface area contributed by atoms with Gasteiger partial charge in [-0.05, 0) is 19.5 Å². The van der Waals surface area contributed by atoms with Crippen LogP contribution in [-0.4, -0.2) is 37.5 Å². The van der Waals surface area contributed by atoms with E-state index < -0.39 is 6.03 Å². The SMILES string of the molecule is CNC([NH-])=O.O=[C-]N1CCC1.[Y]. The van der Waals surface area contributed by atoms with Crippen molar-refractivity contribution in [2.24, 2.45) is 0 Å². The molecule has 2 N–H and O–H groups in total. The van der Waals surface area contributed by atoms with Crippen molar-refractivity contribution in [2.75, 3.05) is 20.1 Å². The van der Waals surface area contributed by atoms with Crippen molar-refractivity contribution >= 4 is 12.4 Å². The van der Waals surface area contributed by atoms with E-state index in [4.69, 9.17) is 5.73 Å². The molecule has 3 amide bonds. The third-order valence-electron chi connectivity index (χ3n) is 1.21. The minimum atomic E-state index is -0.745. The summed E-state index contributed by atoms with van der Waals surface area (Å²) in [6.45, 7) is 1.84. The molecule has 0 atom stereocenters. The third kappa shape index (κ3) is 7.95. The summed E-state index contributed by atoms with van der Waals surface area (Å²) < 4.78 is 0. The van der Waals surface area contributed by atoms with Crippen LogP contribution in [0.25, 0.3) is 5.73 Å². The molecule has 0 aromatic carbocycles. The van der Waals surface area contributed by atoms with Crippen LogP contribution in [0.3, 0.4) is 0 Å². The van der Waals surface area contributed by atoms with E-state index in [2.05, 4.69) is 5.32 Å². The van der Waals surface area contributed by atoms with Gasteiger partial charge >= 0.3 is 0 Å². The van der Waals surface area contributed by atoms with Crippen LogP contribution in [0.2, 0.25) is 0 Å². The molecule has 0 aliphatic carbocycles. The van der Waals surface area contributed by atoms with Gasteiger partial charge in [0.15, 0.2) is 0 Å². The minimum Gasteiger partial charge on any atom is -0.520 e. The van der Waals surface area contributed by atoms with Gasteiger partial charge < -0.3 is 20.7 Å². The van der Waals surface area contributed by atoms with E-state index in [-0.39, 0.29) is 32.7 Å². The van der Waals surface area contributed by atoms with Crippen LogP contribution in [0.1, 0.15) is 6.42 Å². The number of rotatable bonds is 1.